The third-order valence-electron chi connectivity index (χ3n) is 4.91. The first kappa shape index (κ1) is 16.5. The van der Waals surface area contributed by atoms with Crippen molar-refractivity contribution in [3.05, 3.63) is 75.2 Å². The second-order valence-electron chi connectivity index (χ2n) is 6.39. The van der Waals surface area contributed by atoms with Crippen LogP contribution in [-0.4, -0.2) is 20.2 Å². The van der Waals surface area contributed by atoms with Crippen LogP contribution in [-0.2, 0) is 5.54 Å². The molecule has 0 aliphatic heterocycles. The molecule has 4 rings (SSSR count). The number of hydrogen-bond acceptors (Lipinski definition) is 4. The Morgan fingerprint density at radius 3 is 2.62 bits per heavy atom. The first-order valence-corrected chi connectivity index (χ1v) is 8.57. The summed E-state index contributed by atoms with van der Waals surface area (Å²) in [4.78, 5) is 27.5. The number of carbonyl (C=O) groups is 1. The zero-order valence-electron chi connectivity index (χ0n) is 13.7. The van der Waals surface area contributed by atoms with Crippen molar-refractivity contribution >= 4 is 28.8 Å². The maximum atomic E-state index is 12.9. The van der Waals surface area contributed by atoms with E-state index >= 15 is 0 Å². The monoisotopic (exact) mass is 370 g/mol. The predicted molar refractivity (Wildman–Crippen MR) is 96.3 cm³/mol. The van der Waals surface area contributed by atoms with Crippen molar-refractivity contribution in [2.24, 2.45) is 0 Å². The minimum absolute atomic E-state index is 0.0333. The third-order valence-corrected chi connectivity index (χ3v) is 5.21. The van der Waals surface area contributed by atoms with Crippen LogP contribution in [0.5, 0.6) is 0 Å². The van der Waals surface area contributed by atoms with Crippen molar-refractivity contribution in [1.82, 2.24) is 14.7 Å². The normalized spacial score (nSPS) is 15.4. The van der Waals surface area contributed by atoms with Gasteiger partial charge in [-0.1, -0.05) is 11.6 Å². The molecule has 2 heterocycles. The second kappa shape index (κ2) is 6.10. The van der Waals surface area contributed by atoms with E-state index in [4.69, 9.17) is 11.6 Å². The van der Waals surface area contributed by atoms with E-state index in [-0.39, 0.29) is 11.6 Å². The second-order valence-corrected chi connectivity index (χ2v) is 6.79. The summed E-state index contributed by atoms with van der Waals surface area (Å²) in [5, 5.41) is 14.4. The Labute approximate surface area is 153 Å². The minimum Gasteiger partial charge on any atom is -0.341 e. The van der Waals surface area contributed by atoms with Crippen molar-refractivity contribution < 1.29 is 9.72 Å². The number of halogens is 1. The van der Waals surface area contributed by atoms with Crippen LogP contribution in [0, 0.1) is 10.1 Å². The number of nitro benzene ring substituents is 1. The number of hydrogen-bond donors (Lipinski definition) is 1. The molecule has 26 heavy (non-hydrogen) atoms. The van der Waals surface area contributed by atoms with Gasteiger partial charge in [-0.3, -0.25) is 19.3 Å². The fourth-order valence-electron chi connectivity index (χ4n) is 3.34. The number of nitrogens with zero attached hydrogens (tertiary/aromatic N) is 3. The fourth-order valence-corrected chi connectivity index (χ4v) is 3.56. The molecule has 0 saturated heterocycles. The Balaban J connectivity index is 1.64. The average Bonchev–Trinajstić information content (AvgIpc) is 3.04. The summed E-state index contributed by atoms with van der Waals surface area (Å²) in [6.07, 6.45) is 5.79. The van der Waals surface area contributed by atoms with Crippen LogP contribution in [0.1, 0.15) is 35.3 Å². The van der Waals surface area contributed by atoms with Crippen LogP contribution in [0.4, 0.5) is 5.69 Å². The van der Waals surface area contributed by atoms with Crippen molar-refractivity contribution in [1.29, 1.82) is 0 Å². The lowest BCUT2D eigenvalue weighted by Crippen LogP contribution is -2.51. The lowest BCUT2D eigenvalue weighted by atomic mass is 9.71. The number of rotatable bonds is 4. The van der Waals surface area contributed by atoms with E-state index in [1.165, 1.54) is 18.3 Å². The van der Waals surface area contributed by atoms with Gasteiger partial charge >= 0.3 is 0 Å². The summed E-state index contributed by atoms with van der Waals surface area (Å²) in [5.74, 6) is -0.252. The van der Waals surface area contributed by atoms with Crippen LogP contribution in [0.25, 0.3) is 5.65 Å². The molecule has 0 atom stereocenters. The van der Waals surface area contributed by atoms with Crippen LogP contribution in [0.3, 0.4) is 0 Å². The van der Waals surface area contributed by atoms with E-state index in [2.05, 4.69) is 10.3 Å². The van der Waals surface area contributed by atoms with Gasteiger partial charge < -0.3 is 5.32 Å². The van der Waals surface area contributed by atoms with E-state index in [0.29, 0.717) is 16.4 Å². The molecule has 0 radical (unpaired) electrons. The van der Waals surface area contributed by atoms with Crippen molar-refractivity contribution in [2.75, 3.05) is 0 Å². The number of imidazole rings is 1. The molecule has 0 spiro atoms. The molecule has 1 aliphatic carbocycles. The summed E-state index contributed by atoms with van der Waals surface area (Å²) in [7, 11) is 0. The summed E-state index contributed by atoms with van der Waals surface area (Å²) < 4.78 is 1.65. The van der Waals surface area contributed by atoms with E-state index in [9.17, 15) is 14.9 Å². The summed E-state index contributed by atoms with van der Waals surface area (Å²) in [5.41, 5.74) is 1.32. The molecule has 7 nitrogen and oxygen atoms in total. The summed E-state index contributed by atoms with van der Waals surface area (Å²) in [6, 6.07) is 9.83. The summed E-state index contributed by atoms with van der Waals surface area (Å²) in [6.45, 7) is 0. The van der Waals surface area contributed by atoms with Gasteiger partial charge in [-0.25, -0.2) is 4.98 Å². The number of amides is 1. The molecule has 8 heteroatoms. The van der Waals surface area contributed by atoms with Gasteiger partial charge in [-0.15, -0.1) is 0 Å². The van der Waals surface area contributed by atoms with E-state index in [0.717, 1.165) is 24.8 Å². The molecule has 1 fully saturated rings. The van der Waals surface area contributed by atoms with Crippen LogP contribution >= 0.6 is 11.6 Å². The lowest BCUT2D eigenvalue weighted by molar-refractivity contribution is -0.384. The Morgan fingerprint density at radius 1 is 1.27 bits per heavy atom. The zero-order chi connectivity index (χ0) is 18.3. The number of benzene rings is 1. The third kappa shape index (κ3) is 2.61. The number of carbonyl (C=O) groups excluding carboxylic acids is 1. The Hall–Kier alpha value is -2.93. The molecule has 0 unspecified atom stereocenters. The van der Waals surface area contributed by atoms with Crippen molar-refractivity contribution in [3.63, 3.8) is 0 Å². The van der Waals surface area contributed by atoms with Crippen molar-refractivity contribution in [3.8, 4) is 0 Å². The molecule has 132 valence electrons. The lowest BCUT2D eigenvalue weighted by Gasteiger charge is -2.43. The van der Waals surface area contributed by atoms with Crippen LogP contribution in [0.15, 0.2) is 48.8 Å². The molecular formula is C18H15ClN4O3. The Morgan fingerprint density at radius 2 is 2.00 bits per heavy atom. The summed E-state index contributed by atoms with van der Waals surface area (Å²) >= 11 is 6.11. The number of nitrogens with one attached hydrogen (secondary N) is 1. The molecular weight excluding hydrogens is 356 g/mol. The Bertz CT molecular complexity index is 1010. The van der Waals surface area contributed by atoms with E-state index < -0.39 is 10.5 Å². The van der Waals surface area contributed by atoms with Crippen LogP contribution < -0.4 is 5.32 Å². The number of aromatic nitrogens is 2. The van der Waals surface area contributed by atoms with Gasteiger partial charge in [0.15, 0.2) is 5.65 Å². The molecule has 1 amide bonds. The van der Waals surface area contributed by atoms with Gasteiger partial charge in [0.05, 0.1) is 21.7 Å². The van der Waals surface area contributed by atoms with Gasteiger partial charge in [0, 0.05) is 18.3 Å². The van der Waals surface area contributed by atoms with Gasteiger partial charge in [-0.05, 0) is 49.1 Å². The van der Waals surface area contributed by atoms with Gasteiger partial charge in [0.2, 0.25) is 0 Å². The topological polar surface area (TPSA) is 89.5 Å². The average molecular weight is 371 g/mol. The van der Waals surface area contributed by atoms with E-state index in [1.54, 1.807) is 34.9 Å². The molecule has 1 N–H and O–H groups in total. The molecule has 0 bridgehead atoms. The largest absolute Gasteiger partial charge is 0.341 e. The van der Waals surface area contributed by atoms with Crippen molar-refractivity contribution in [2.45, 2.75) is 24.8 Å². The fraction of sp³-hybridized carbons (Fsp3) is 0.222. The Kier molecular flexibility index (Phi) is 3.88. The van der Waals surface area contributed by atoms with Gasteiger partial charge in [-0.2, -0.15) is 0 Å². The van der Waals surface area contributed by atoms with Gasteiger partial charge in [0.1, 0.15) is 5.69 Å². The maximum Gasteiger partial charge on any atom is 0.270 e. The quantitative estimate of drug-likeness (QED) is 0.560. The number of non-ortho nitro benzene ring substituents is 1. The predicted octanol–water partition coefficient (Wildman–Crippen LogP) is 3.71. The molecule has 1 aromatic carbocycles. The molecule has 1 saturated carbocycles. The number of fused-ring (bicyclic) bond motifs is 1. The molecule has 3 aromatic rings. The molecule has 2 aromatic heterocycles. The first-order chi connectivity index (χ1) is 12.5. The number of nitro groups is 1. The highest BCUT2D eigenvalue weighted by Gasteiger charge is 2.40. The highest BCUT2D eigenvalue weighted by atomic mass is 35.5. The minimum atomic E-state index is -0.505. The standard InChI is InChI=1S/C18H15ClN4O3/c19-14-3-1-10-22-15(11-20-16(14)22)17(24)21-18(8-2-9-18)12-4-6-13(7-5-12)23(25)26/h1,3-7,10-11H,2,8-9H2,(H,21,24). The smallest absolute Gasteiger partial charge is 0.270 e. The highest BCUT2D eigenvalue weighted by Crippen LogP contribution is 2.42. The van der Waals surface area contributed by atoms with Crippen LogP contribution in [0.2, 0.25) is 5.02 Å². The molecule has 1 aliphatic rings. The maximum absolute atomic E-state index is 12.9. The number of pyridine rings is 1. The first-order valence-electron chi connectivity index (χ1n) is 8.19. The van der Waals surface area contributed by atoms with E-state index in [1.807, 2.05) is 0 Å². The zero-order valence-corrected chi connectivity index (χ0v) is 14.4. The SMILES string of the molecule is O=C(NC1(c2ccc([N+](=O)[O-])cc2)CCC1)c1cnc2c(Cl)cccn12. The highest BCUT2D eigenvalue weighted by molar-refractivity contribution is 6.33. The van der Waals surface area contributed by atoms with Gasteiger partial charge in [0.25, 0.3) is 11.6 Å².